The molecule has 2 heterocycles. The third-order valence-corrected chi connectivity index (χ3v) is 6.56. The van der Waals surface area contributed by atoms with Crippen LogP contribution in [0.4, 0.5) is 0 Å². The Kier molecular flexibility index (Phi) is 9.32. The summed E-state index contributed by atoms with van der Waals surface area (Å²) >= 11 is 1.24. The maximum absolute atomic E-state index is 13.1. The van der Waals surface area contributed by atoms with E-state index in [0.717, 1.165) is 4.90 Å². The minimum atomic E-state index is -1.56. The van der Waals surface area contributed by atoms with E-state index in [1.807, 2.05) is 6.07 Å². The van der Waals surface area contributed by atoms with Crippen LogP contribution in [-0.4, -0.2) is 58.1 Å². The van der Waals surface area contributed by atoms with Crippen LogP contribution in [0.15, 0.2) is 77.1 Å². The molecule has 36 heavy (non-hydrogen) atoms. The van der Waals surface area contributed by atoms with E-state index in [2.05, 4.69) is 10.5 Å². The first kappa shape index (κ1) is 27.5. The molecule has 0 radical (unpaired) electrons. The molecule has 2 aliphatic rings. The summed E-state index contributed by atoms with van der Waals surface area (Å²) < 4.78 is 4.90. The normalized spacial score (nSPS) is 18.9. The Hall–Kier alpha value is -3.12. The Morgan fingerprint density at radius 1 is 1.11 bits per heavy atom. The van der Waals surface area contributed by atoms with Crippen LogP contribution in [0.25, 0.3) is 0 Å². The molecule has 2 atom stereocenters. The number of hydrogen-bond acceptors (Lipinski definition) is 9. The number of rotatable bonds is 8. The fourth-order valence-electron chi connectivity index (χ4n) is 3.58. The minimum Gasteiger partial charge on any atom is -0.543 e. The van der Waals surface area contributed by atoms with Gasteiger partial charge in [0.05, 0.1) is 11.7 Å². The molecule has 4 rings (SSSR count). The van der Waals surface area contributed by atoms with Crippen molar-refractivity contribution < 1.29 is 63.4 Å². The summed E-state index contributed by atoms with van der Waals surface area (Å²) in [7, 11) is 0. The van der Waals surface area contributed by atoms with Gasteiger partial charge in [-0.25, -0.2) is 0 Å². The van der Waals surface area contributed by atoms with Gasteiger partial charge in [-0.2, -0.15) is 0 Å². The van der Waals surface area contributed by atoms with Gasteiger partial charge in [0.1, 0.15) is 18.0 Å². The molecule has 0 unspecified atom stereocenters. The summed E-state index contributed by atoms with van der Waals surface area (Å²) in [6, 6.07) is 16.3. The molecule has 2 aliphatic heterocycles. The number of carboxylic acid groups (broad SMARTS) is 1. The summed E-state index contributed by atoms with van der Waals surface area (Å²) in [4.78, 5) is 55.3. The summed E-state index contributed by atoms with van der Waals surface area (Å²) in [5.74, 6) is -2.80. The van der Waals surface area contributed by atoms with Crippen molar-refractivity contribution in [3.05, 3.63) is 77.5 Å². The van der Waals surface area contributed by atoms with Crippen molar-refractivity contribution in [2.45, 2.75) is 18.3 Å². The molecular weight excluding hydrogens is 497 g/mol. The zero-order valence-electron chi connectivity index (χ0n) is 19.5. The molecule has 2 aromatic carbocycles. The first-order valence-electron chi connectivity index (χ1n) is 10.5. The Balaban J connectivity index is 0.00000361. The van der Waals surface area contributed by atoms with Crippen molar-refractivity contribution in [3.63, 3.8) is 0 Å². The quantitative estimate of drug-likeness (QED) is 0.133. The van der Waals surface area contributed by atoms with Gasteiger partial charge in [-0.1, -0.05) is 53.7 Å². The van der Waals surface area contributed by atoms with E-state index in [9.17, 15) is 24.3 Å². The Morgan fingerprint density at radius 3 is 2.36 bits per heavy atom. The predicted molar refractivity (Wildman–Crippen MR) is 124 cm³/mol. The number of hydrogen-bond donors (Lipinski definition) is 1. The fraction of sp³-hybridized carbons (Fsp3) is 0.208. The number of carbonyl (C=O) groups is 4. The van der Waals surface area contributed by atoms with Crippen LogP contribution in [0.2, 0.25) is 0 Å². The van der Waals surface area contributed by atoms with Crippen LogP contribution in [-0.2, 0) is 23.9 Å². The Bertz CT molecular complexity index is 1220. The molecule has 10 nitrogen and oxygen atoms in total. The molecule has 180 valence electrons. The van der Waals surface area contributed by atoms with Crippen molar-refractivity contribution in [1.82, 2.24) is 10.2 Å². The zero-order chi connectivity index (χ0) is 24.9. The first-order chi connectivity index (χ1) is 16.9. The number of aliphatic carboxylic acids is 1. The fourth-order valence-corrected chi connectivity index (χ4v) is 4.91. The van der Waals surface area contributed by atoms with E-state index in [1.54, 1.807) is 54.6 Å². The number of fused-ring (bicyclic) bond motifs is 1. The summed E-state index contributed by atoms with van der Waals surface area (Å²) in [6.45, 7) is 0.937. The van der Waals surface area contributed by atoms with Gasteiger partial charge in [0.2, 0.25) is 0 Å². The second-order valence-electron chi connectivity index (χ2n) is 7.59. The number of ether oxygens (including phenoxy) is 1. The van der Waals surface area contributed by atoms with Gasteiger partial charge in [-0.15, -0.1) is 11.8 Å². The molecule has 0 aromatic heterocycles. The third kappa shape index (κ3) is 5.98. The van der Waals surface area contributed by atoms with Crippen molar-refractivity contribution in [3.8, 4) is 5.75 Å². The number of esters is 1. The second-order valence-corrected chi connectivity index (χ2v) is 8.70. The molecule has 0 aliphatic carbocycles. The molecule has 2 aromatic rings. The van der Waals surface area contributed by atoms with E-state index >= 15 is 0 Å². The SMILES string of the molecule is CC(=O)OCC1=C(C(=O)[O-])N2C(=O)[C@@H](NC(=O)C(=NOc3ccccc3)c3ccccc3)[C@H]2SC1.[Na+]. The number of nitrogens with zero attached hydrogens (tertiary/aromatic N) is 2. The van der Waals surface area contributed by atoms with Gasteiger partial charge in [0, 0.05) is 23.8 Å². The van der Waals surface area contributed by atoms with Crippen LogP contribution in [0.1, 0.15) is 12.5 Å². The van der Waals surface area contributed by atoms with E-state index in [4.69, 9.17) is 9.57 Å². The van der Waals surface area contributed by atoms with E-state index in [-0.39, 0.29) is 58.9 Å². The Morgan fingerprint density at radius 2 is 1.75 bits per heavy atom. The number of β-lactam (4-membered cyclic amide) rings is 1. The molecule has 2 amide bonds. The first-order valence-corrected chi connectivity index (χ1v) is 11.6. The molecule has 0 saturated carbocycles. The average molecular weight is 517 g/mol. The number of thioether (sulfide) groups is 1. The van der Waals surface area contributed by atoms with Gasteiger partial charge in [-0.3, -0.25) is 19.3 Å². The summed E-state index contributed by atoms with van der Waals surface area (Å²) in [5, 5.41) is 17.7. The number of amides is 2. The monoisotopic (exact) mass is 517 g/mol. The minimum absolute atomic E-state index is 0. The predicted octanol–water partition coefficient (Wildman–Crippen LogP) is -2.56. The van der Waals surface area contributed by atoms with Crippen LogP contribution in [0, 0.1) is 0 Å². The van der Waals surface area contributed by atoms with Crippen molar-refractivity contribution in [2.24, 2.45) is 5.16 Å². The molecule has 1 fully saturated rings. The number of oxime groups is 1. The number of benzene rings is 2. The maximum atomic E-state index is 13.1. The topological polar surface area (TPSA) is 137 Å². The van der Waals surface area contributed by atoms with E-state index in [0.29, 0.717) is 11.3 Å². The maximum Gasteiger partial charge on any atom is 1.00 e. The number of carbonyl (C=O) groups excluding carboxylic acids is 4. The molecule has 0 bridgehead atoms. The standard InChI is InChI=1S/C24H21N3O7S.Na/c1-14(28)33-12-16-13-35-23-19(22(30)27(23)20(16)24(31)32)25-21(29)18(15-8-4-2-5-9-15)26-34-17-10-6-3-7-11-17;/h2-11,19,23H,12-13H2,1H3,(H,25,29)(H,31,32);/q;+1/p-1/t19-,23-;/m1./s1. The zero-order valence-corrected chi connectivity index (χ0v) is 22.3. The van der Waals surface area contributed by atoms with Gasteiger partial charge in [-0.05, 0) is 12.1 Å². The van der Waals surface area contributed by atoms with Crippen LogP contribution in [0.3, 0.4) is 0 Å². The second kappa shape index (κ2) is 12.2. The van der Waals surface area contributed by atoms with Gasteiger partial charge in [0.25, 0.3) is 11.8 Å². The average Bonchev–Trinajstić information content (AvgIpc) is 2.86. The summed E-state index contributed by atoms with van der Waals surface area (Å²) in [5.41, 5.74) is 0.338. The molecule has 12 heteroatoms. The van der Waals surface area contributed by atoms with Crippen LogP contribution >= 0.6 is 11.8 Å². The van der Waals surface area contributed by atoms with Crippen LogP contribution in [0.5, 0.6) is 5.75 Å². The molecule has 1 saturated heterocycles. The Labute approximate surface area is 233 Å². The van der Waals surface area contributed by atoms with E-state index in [1.165, 1.54) is 18.7 Å². The van der Waals surface area contributed by atoms with Crippen molar-refractivity contribution in [2.75, 3.05) is 12.4 Å². The number of carboxylic acids is 1. The number of para-hydroxylation sites is 1. The summed E-state index contributed by atoms with van der Waals surface area (Å²) in [6.07, 6.45) is 0. The number of nitrogens with one attached hydrogen (secondary N) is 1. The third-order valence-electron chi connectivity index (χ3n) is 5.22. The van der Waals surface area contributed by atoms with Gasteiger partial charge < -0.3 is 24.8 Å². The van der Waals surface area contributed by atoms with Crippen molar-refractivity contribution >= 4 is 41.2 Å². The van der Waals surface area contributed by atoms with Gasteiger partial charge in [0.15, 0.2) is 11.5 Å². The largest absolute Gasteiger partial charge is 1.00 e. The van der Waals surface area contributed by atoms with Crippen LogP contribution < -0.4 is 44.8 Å². The molecule has 0 spiro atoms. The molecule has 1 N–H and O–H groups in total. The van der Waals surface area contributed by atoms with E-state index < -0.39 is 35.2 Å². The smallest absolute Gasteiger partial charge is 0.543 e. The van der Waals surface area contributed by atoms with Crippen molar-refractivity contribution in [1.29, 1.82) is 0 Å². The van der Waals surface area contributed by atoms with Gasteiger partial charge >= 0.3 is 35.5 Å². The molecular formula is C24H20N3NaO7S.